The molecule has 25 heavy (non-hydrogen) atoms. The number of rotatable bonds is 4. The Morgan fingerprint density at radius 2 is 1.96 bits per heavy atom. The van der Waals surface area contributed by atoms with E-state index in [1.165, 1.54) is 5.56 Å². The van der Waals surface area contributed by atoms with E-state index in [9.17, 15) is 0 Å². The second-order valence-corrected chi connectivity index (χ2v) is 6.50. The highest BCUT2D eigenvalue weighted by molar-refractivity contribution is 14.0. The molecule has 0 aliphatic carbocycles. The third-order valence-electron chi connectivity index (χ3n) is 3.73. The lowest BCUT2D eigenvalue weighted by Crippen LogP contribution is -2.38. The average molecular weight is 514 g/mol. The Morgan fingerprint density at radius 1 is 1.20 bits per heavy atom. The molecule has 0 saturated carbocycles. The fourth-order valence-electron chi connectivity index (χ4n) is 2.59. The molecule has 0 bridgehead atoms. The first-order valence-corrected chi connectivity index (χ1v) is 8.54. The van der Waals surface area contributed by atoms with Gasteiger partial charge in [-0.05, 0) is 33.6 Å². The van der Waals surface area contributed by atoms with E-state index in [1.807, 2.05) is 54.2 Å². The average Bonchev–Trinajstić information content (AvgIpc) is 2.98. The smallest absolute Gasteiger partial charge is 0.194 e. The van der Waals surface area contributed by atoms with E-state index in [4.69, 9.17) is 0 Å². The van der Waals surface area contributed by atoms with Crippen LogP contribution in [0.4, 0.5) is 0 Å². The lowest BCUT2D eigenvalue weighted by atomic mass is 10.2. The molecule has 0 amide bonds. The van der Waals surface area contributed by atoms with Gasteiger partial charge >= 0.3 is 0 Å². The van der Waals surface area contributed by atoms with Crippen LogP contribution in [0.25, 0.3) is 5.65 Å². The predicted molar refractivity (Wildman–Crippen MR) is 116 cm³/mol. The van der Waals surface area contributed by atoms with E-state index in [0.29, 0.717) is 6.54 Å². The second kappa shape index (κ2) is 9.19. The number of nitrogens with one attached hydrogen (secondary N) is 1. The first-order valence-electron chi connectivity index (χ1n) is 7.74. The molecule has 7 heteroatoms. The van der Waals surface area contributed by atoms with Gasteiger partial charge in [0, 0.05) is 37.5 Å². The number of imidazole rings is 1. The zero-order valence-electron chi connectivity index (χ0n) is 14.2. The SMILES string of the molecule is CN=C(NCc1cn2cc(Br)ccc2n1)N(C)Cc1ccccc1.I. The molecule has 0 unspecified atom stereocenters. The number of guanidine groups is 1. The summed E-state index contributed by atoms with van der Waals surface area (Å²) < 4.78 is 3.04. The van der Waals surface area contributed by atoms with Crippen molar-refractivity contribution >= 4 is 51.5 Å². The fourth-order valence-corrected chi connectivity index (χ4v) is 2.94. The largest absolute Gasteiger partial charge is 0.351 e. The lowest BCUT2D eigenvalue weighted by Gasteiger charge is -2.21. The number of hydrogen-bond donors (Lipinski definition) is 1. The van der Waals surface area contributed by atoms with E-state index in [2.05, 4.69) is 48.3 Å². The van der Waals surface area contributed by atoms with E-state index in [-0.39, 0.29) is 24.0 Å². The van der Waals surface area contributed by atoms with Gasteiger partial charge in [-0.15, -0.1) is 24.0 Å². The number of aliphatic imine (C=N–C) groups is 1. The molecular formula is C18H21BrIN5. The van der Waals surface area contributed by atoms with Crippen LogP contribution in [0, 0.1) is 0 Å². The Morgan fingerprint density at radius 3 is 2.68 bits per heavy atom. The quantitative estimate of drug-likeness (QED) is 0.326. The highest BCUT2D eigenvalue weighted by Gasteiger charge is 2.08. The van der Waals surface area contributed by atoms with Gasteiger partial charge in [0.05, 0.1) is 12.2 Å². The Balaban J connectivity index is 0.00000225. The summed E-state index contributed by atoms with van der Waals surface area (Å²) in [5, 5.41) is 3.37. The van der Waals surface area contributed by atoms with Gasteiger partial charge in [0.1, 0.15) is 5.65 Å². The number of fused-ring (bicyclic) bond motifs is 1. The van der Waals surface area contributed by atoms with Crippen molar-refractivity contribution in [2.45, 2.75) is 13.1 Å². The number of halogens is 2. The Hall–Kier alpha value is -1.61. The van der Waals surface area contributed by atoms with Crippen molar-refractivity contribution in [1.82, 2.24) is 19.6 Å². The van der Waals surface area contributed by atoms with Crippen LogP contribution in [-0.4, -0.2) is 34.3 Å². The van der Waals surface area contributed by atoms with Crippen molar-refractivity contribution in [3.8, 4) is 0 Å². The van der Waals surface area contributed by atoms with Gasteiger partial charge < -0.3 is 14.6 Å². The first kappa shape index (κ1) is 19.7. The van der Waals surface area contributed by atoms with Gasteiger partial charge in [-0.3, -0.25) is 4.99 Å². The minimum Gasteiger partial charge on any atom is -0.351 e. The second-order valence-electron chi connectivity index (χ2n) is 5.59. The Kier molecular flexibility index (Phi) is 7.24. The number of benzene rings is 1. The van der Waals surface area contributed by atoms with Gasteiger partial charge in [0.2, 0.25) is 0 Å². The summed E-state index contributed by atoms with van der Waals surface area (Å²) in [4.78, 5) is 11.1. The topological polar surface area (TPSA) is 44.9 Å². The molecule has 0 aliphatic rings. The molecule has 1 N–H and O–H groups in total. The summed E-state index contributed by atoms with van der Waals surface area (Å²) >= 11 is 3.48. The highest BCUT2D eigenvalue weighted by atomic mass is 127. The predicted octanol–water partition coefficient (Wildman–Crippen LogP) is 3.92. The molecule has 2 heterocycles. The van der Waals surface area contributed by atoms with Crippen LogP contribution < -0.4 is 5.32 Å². The number of hydrogen-bond acceptors (Lipinski definition) is 2. The summed E-state index contributed by atoms with van der Waals surface area (Å²) in [5.74, 6) is 0.845. The molecule has 0 atom stereocenters. The third-order valence-corrected chi connectivity index (χ3v) is 4.20. The monoisotopic (exact) mass is 513 g/mol. The van der Waals surface area contributed by atoms with E-state index >= 15 is 0 Å². The summed E-state index contributed by atoms with van der Waals surface area (Å²) in [6.07, 6.45) is 4.03. The maximum atomic E-state index is 4.61. The molecule has 3 aromatic rings. The van der Waals surface area contributed by atoms with Crippen LogP contribution in [-0.2, 0) is 13.1 Å². The number of nitrogens with zero attached hydrogens (tertiary/aromatic N) is 4. The Labute approximate surface area is 173 Å². The molecule has 1 aromatic carbocycles. The third kappa shape index (κ3) is 5.18. The van der Waals surface area contributed by atoms with Crippen LogP contribution in [0.1, 0.15) is 11.3 Å². The summed E-state index contributed by atoms with van der Waals surface area (Å²) in [5.41, 5.74) is 3.16. The molecular weight excluding hydrogens is 493 g/mol. The van der Waals surface area contributed by atoms with Gasteiger partial charge in [0.25, 0.3) is 0 Å². The fraction of sp³-hybridized carbons (Fsp3) is 0.222. The minimum absolute atomic E-state index is 0. The van der Waals surface area contributed by atoms with Crippen LogP contribution >= 0.6 is 39.9 Å². The van der Waals surface area contributed by atoms with Gasteiger partial charge in [-0.1, -0.05) is 30.3 Å². The number of pyridine rings is 1. The van der Waals surface area contributed by atoms with Crippen molar-refractivity contribution in [1.29, 1.82) is 0 Å². The molecule has 0 spiro atoms. The van der Waals surface area contributed by atoms with Gasteiger partial charge in [0.15, 0.2) is 5.96 Å². The van der Waals surface area contributed by atoms with E-state index in [1.54, 1.807) is 7.05 Å². The van der Waals surface area contributed by atoms with Crippen LogP contribution in [0.3, 0.4) is 0 Å². The molecule has 5 nitrogen and oxygen atoms in total. The van der Waals surface area contributed by atoms with Crippen molar-refractivity contribution in [3.05, 3.63) is 70.6 Å². The zero-order valence-corrected chi connectivity index (χ0v) is 18.1. The number of aromatic nitrogens is 2. The first-order chi connectivity index (χ1) is 11.7. The molecule has 0 fully saturated rings. The van der Waals surface area contributed by atoms with E-state index in [0.717, 1.165) is 28.3 Å². The summed E-state index contributed by atoms with van der Waals surface area (Å²) in [6, 6.07) is 14.3. The maximum Gasteiger partial charge on any atom is 0.194 e. The highest BCUT2D eigenvalue weighted by Crippen LogP contribution is 2.12. The minimum atomic E-state index is 0. The zero-order chi connectivity index (χ0) is 16.9. The molecule has 3 rings (SSSR count). The van der Waals surface area contributed by atoms with Crippen LogP contribution in [0.15, 0.2) is 64.3 Å². The van der Waals surface area contributed by atoms with Gasteiger partial charge in [-0.2, -0.15) is 0 Å². The molecule has 0 aliphatic heterocycles. The molecule has 2 aromatic heterocycles. The molecule has 132 valence electrons. The van der Waals surface area contributed by atoms with E-state index < -0.39 is 0 Å². The summed E-state index contributed by atoms with van der Waals surface area (Å²) in [7, 11) is 3.83. The lowest BCUT2D eigenvalue weighted by molar-refractivity contribution is 0.476. The summed E-state index contributed by atoms with van der Waals surface area (Å²) in [6.45, 7) is 1.43. The Bertz CT molecular complexity index is 847. The van der Waals surface area contributed by atoms with Crippen molar-refractivity contribution in [3.63, 3.8) is 0 Å². The maximum absolute atomic E-state index is 4.61. The van der Waals surface area contributed by atoms with Crippen LogP contribution in [0.5, 0.6) is 0 Å². The van der Waals surface area contributed by atoms with Gasteiger partial charge in [-0.25, -0.2) is 4.98 Å². The van der Waals surface area contributed by atoms with Crippen molar-refractivity contribution in [2.75, 3.05) is 14.1 Å². The van der Waals surface area contributed by atoms with Crippen molar-refractivity contribution in [2.24, 2.45) is 4.99 Å². The standard InChI is InChI=1S/C18H20BrN5.HI/c1-20-18(23(2)11-14-6-4-3-5-7-14)21-10-16-13-24-12-15(19)8-9-17(24)22-16;/h3-9,12-13H,10-11H2,1-2H3,(H,20,21);1H. The normalized spacial score (nSPS) is 11.2. The van der Waals surface area contributed by atoms with Crippen molar-refractivity contribution < 1.29 is 0 Å². The molecule has 0 saturated heterocycles. The van der Waals surface area contributed by atoms with Crippen LogP contribution in [0.2, 0.25) is 0 Å². The molecule has 0 radical (unpaired) electrons.